The van der Waals surface area contributed by atoms with Crippen LogP contribution in [-0.4, -0.2) is 18.5 Å². The molecule has 0 unspecified atom stereocenters. The van der Waals surface area contributed by atoms with Gasteiger partial charge < -0.3 is 10.1 Å². The number of aryl methyl sites for hydroxylation is 2. The predicted molar refractivity (Wildman–Crippen MR) is 109 cm³/mol. The van der Waals surface area contributed by atoms with Gasteiger partial charge in [0.05, 0.1) is 17.7 Å². The van der Waals surface area contributed by atoms with Crippen LogP contribution in [0.5, 0.6) is 0 Å². The Balaban J connectivity index is 1.95. The van der Waals surface area contributed by atoms with Crippen molar-refractivity contribution in [3.63, 3.8) is 0 Å². The van der Waals surface area contributed by atoms with E-state index >= 15 is 0 Å². The number of thiophene rings is 1. The zero-order chi connectivity index (χ0) is 18.0. The number of halogens is 1. The number of amides is 1. The van der Waals surface area contributed by atoms with Crippen LogP contribution in [0.15, 0.2) is 18.2 Å². The number of ether oxygens (including phenoxy) is 1. The van der Waals surface area contributed by atoms with Crippen LogP contribution in [-0.2, 0) is 17.6 Å². The zero-order valence-electron chi connectivity index (χ0n) is 14.3. The topological polar surface area (TPSA) is 55.4 Å². The summed E-state index contributed by atoms with van der Waals surface area (Å²) in [5.41, 5.74) is 3.34. The summed E-state index contributed by atoms with van der Waals surface area (Å²) in [5.74, 6) is -0.524. The molecule has 0 saturated carbocycles. The Bertz CT molecular complexity index is 828. The van der Waals surface area contributed by atoms with E-state index in [0.717, 1.165) is 40.4 Å². The number of anilines is 1. The standard InChI is InChI=1S/C19H20INO3S/c1-3-24-19(23)16-13-6-4-5-7-15(13)25-18(16)21-17(22)12-9-8-11(2)10-14(12)20/h8-10H,3-7H2,1-2H3,(H,21,22). The average molecular weight is 469 g/mol. The number of carbonyl (C=O) groups is 2. The molecule has 0 spiro atoms. The highest BCUT2D eigenvalue weighted by Crippen LogP contribution is 2.39. The Morgan fingerprint density at radius 3 is 2.76 bits per heavy atom. The van der Waals surface area contributed by atoms with Gasteiger partial charge >= 0.3 is 5.97 Å². The van der Waals surface area contributed by atoms with Gasteiger partial charge in [-0.3, -0.25) is 4.79 Å². The molecule has 1 heterocycles. The van der Waals surface area contributed by atoms with Crippen LogP contribution in [0.4, 0.5) is 5.00 Å². The molecule has 0 bridgehead atoms. The third kappa shape index (κ3) is 3.89. The van der Waals surface area contributed by atoms with Crippen LogP contribution in [0.3, 0.4) is 0 Å². The van der Waals surface area contributed by atoms with Crippen molar-refractivity contribution in [2.45, 2.75) is 39.5 Å². The van der Waals surface area contributed by atoms with Crippen LogP contribution < -0.4 is 5.32 Å². The number of hydrogen-bond donors (Lipinski definition) is 1. The minimum Gasteiger partial charge on any atom is -0.462 e. The molecular formula is C19H20INO3S. The van der Waals surface area contributed by atoms with E-state index in [1.54, 1.807) is 6.92 Å². The van der Waals surface area contributed by atoms with Crippen molar-refractivity contribution in [2.24, 2.45) is 0 Å². The first-order chi connectivity index (χ1) is 12.0. The monoisotopic (exact) mass is 469 g/mol. The van der Waals surface area contributed by atoms with E-state index in [-0.39, 0.29) is 11.9 Å². The fourth-order valence-electron chi connectivity index (χ4n) is 3.05. The predicted octanol–water partition coefficient (Wildman–Crippen LogP) is 4.97. The summed E-state index contributed by atoms with van der Waals surface area (Å²) < 4.78 is 6.13. The maximum atomic E-state index is 12.7. The van der Waals surface area contributed by atoms with Crippen LogP contribution in [0, 0.1) is 10.5 Å². The average Bonchev–Trinajstić information content (AvgIpc) is 2.92. The van der Waals surface area contributed by atoms with Crippen molar-refractivity contribution in [1.29, 1.82) is 0 Å². The van der Waals surface area contributed by atoms with Crippen molar-refractivity contribution in [2.75, 3.05) is 11.9 Å². The summed E-state index contributed by atoms with van der Waals surface area (Å²) >= 11 is 3.68. The first kappa shape index (κ1) is 18.4. The molecular weight excluding hydrogens is 449 g/mol. The summed E-state index contributed by atoms with van der Waals surface area (Å²) in [4.78, 5) is 26.4. The summed E-state index contributed by atoms with van der Waals surface area (Å²) in [6.45, 7) is 4.12. The van der Waals surface area contributed by atoms with Gasteiger partial charge in [-0.1, -0.05) is 11.6 Å². The zero-order valence-corrected chi connectivity index (χ0v) is 17.3. The Morgan fingerprint density at radius 1 is 1.28 bits per heavy atom. The van der Waals surface area contributed by atoms with Crippen LogP contribution >= 0.6 is 33.9 Å². The minimum atomic E-state index is -0.337. The van der Waals surface area contributed by atoms with Gasteiger partial charge in [0, 0.05) is 8.45 Å². The molecule has 1 N–H and O–H groups in total. The Labute approximate surface area is 165 Å². The van der Waals surface area contributed by atoms with Crippen molar-refractivity contribution in [1.82, 2.24) is 0 Å². The second kappa shape index (κ2) is 7.86. The molecule has 0 aliphatic heterocycles. The van der Waals surface area contributed by atoms with Gasteiger partial charge in [0.25, 0.3) is 5.91 Å². The maximum Gasteiger partial charge on any atom is 0.341 e. The highest BCUT2D eigenvalue weighted by molar-refractivity contribution is 14.1. The quantitative estimate of drug-likeness (QED) is 0.508. The molecule has 3 rings (SSSR count). The lowest BCUT2D eigenvalue weighted by Gasteiger charge is -2.12. The van der Waals surface area contributed by atoms with Crippen LogP contribution in [0.2, 0.25) is 0 Å². The molecule has 6 heteroatoms. The molecule has 25 heavy (non-hydrogen) atoms. The molecule has 1 aromatic carbocycles. The van der Waals surface area contributed by atoms with E-state index in [1.165, 1.54) is 16.2 Å². The molecule has 1 aliphatic carbocycles. The second-order valence-electron chi connectivity index (χ2n) is 6.07. The van der Waals surface area contributed by atoms with Crippen molar-refractivity contribution in [3.8, 4) is 0 Å². The molecule has 4 nitrogen and oxygen atoms in total. The van der Waals surface area contributed by atoms with E-state index in [2.05, 4.69) is 27.9 Å². The molecule has 132 valence electrons. The highest BCUT2D eigenvalue weighted by atomic mass is 127. The third-order valence-electron chi connectivity index (χ3n) is 4.25. The molecule has 0 fully saturated rings. The summed E-state index contributed by atoms with van der Waals surface area (Å²) in [7, 11) is 0. The van der Waals surface area contributed by atoms with Gasteiger partial charge in [-0.2, -0.15) is 0 Å². The summed E-state index contributed by atoms with van der Waals surface area (Å²) in [6, 6.07) is 5.72. The number of nitrogens with one attached hydrogen (secondary N) is 1. The fourth-order valence-corrected chi connectivity index (χ4v) is 5.24. The first-order valence-electron chi connectivity index (χ1n) is 8.40. The Morgan fingerprint density at radius 2 is 2.04 bits per heavy atom. The Kier molecular flexibility index (Phi) is 5.78. The fraction of sp³-hybridized carbons (Fsp3) is 0.368. The van der Waals surface area contributed by atoms with Crippen molar-refractivity contribution >= 4 is 50.8 Å². The molecule has 1 amide bonds. The van der Waals surface area contributed by atoms with E-state index in [1.807, 2.05) is 25.1 Å². The number of esters is 1. The lowest BCUT2D eigenvalue weighted by Crippen LogP contribution is -2.16. The molecule has 1 aliphatic rings. The van der Waals surface area contributed by atoms with Gasteiger partial charge in [0.15, 0.2) is 0 Å². The summed E-state index contributed by atoms with van der Waals surface area (Å²) in [6.07, 6.45) is 4.03. The molecule has 0 radical (unpaired) electrons. The second-order valence-corrected chi connectivity index (χ2v) is 8.34. The van der Waals surface area contributed by atoms with Crippen LogP contribution in [0.1, 0.15) is 56.5 Å². The lowest BCUT2D eigenvalue weighted by atomic mass is 9.95. The van der Waals surface area contributed by atoms with E-state index in [0.29, 0.717) is 22.7 Å². The van der Waals surface area contributed by atoms with Gasteiger partial charge in [-0.25, -0.2) is 4.79 Å². The normalized spacial score (nSPS) is 13.2. The molecule has 1 aromatic heterocycles. The lowest BCUT2D eigenvalue weighted by molar-refractivity contribution is 0.0526. The smallest absolute Gasteiger partial charge is 0.341 e. The number of carbonyl (C=O) groups excluding carboxylic acids is 2. The molecule has 0 saturated heterocycles. The van der Waals surface area contributed by atoms with E-state index in [9.17, 15) is 9.59 Å². The third-order valence-corrected chi connectivity index (χ3v) is 6.35. The van der Waals surface area contributed by atoms with Crippen molar-refractivity contribution < 1.29 is 14.3 Å². The van der Waals surface area contributed by atoms with Gasteiger partial charge in [0.2, 0.25) is 0 Å². The summed E-state index contributed by atoms with van der Waals surface area (Å²) in [5, 5.41) is 3.57. The van der Waals surface area contributed by atoms with E-state index < -0.39 is 0 Å². The van der Waals surface area contributed by atoms with Gasteiger partial charge in [-0.15, -0.1) is 11.3 Å². The first-order valence-corrected chi connectivity index (χ1v) is 10.3. The highest BCUT2D eigenvalue weighted by Gasteiger charge is 2.27. The minimum absolute atomic E-state index is 0.187. The maximum absolute atomic E-state index is 12.7. The van der Waals surface area contributed by atoms with E-state index in [4.69, 9.17) is 4.74 Å². The van der Waals surface area contributed by atoms with Gasteiger partial charge in [-0.05, 0) is 79.8 Å². The van der Waals surface area contributed by atoms with Crippen LogP contribution in [0.25, 0.3) is 0 Å². The number of fused-ring (bicyclic) bond motifs is 1. The Hall–Kier alpha value is -1.41. The SMILES string of the molecule is CCOC(=O)c1c(NC(=O)c2ccc(C)cc2I)sc2c1CCCC2. The van der Waals surface area contributed by atoms with Crippen molar-refractivity contribution in [3.05, 3.63) is 48.9 Å². The number of rotatable bonds is 4. The number of hydrogen-bond acceptors (Lipinski definition) is 4. The van der Waals surface area contributed by atoms with Gasteiger partial charge in [0.1, 0.15) is 5.00 Å². The molecule has 0 atom stereocenters. The largest absolute Gasteiger partial charge is 0.462 e. The molecule has 2 aromatic rings. The number of benzene rings is 1.